The van der Waals surface area contributed by atoms with Crippen LogP contribution in [0.15, 0.2) is 24.3 Å². The Bertz CT molecular complexity index is 664. The number of hydrogen-bond donors (Lipinski definition) is 2. The molecule has 0 aliphatic heterocycles. The summed E-state index contributed by atoms with van der Waals surface area (Å²) in [6.07, 6.45) is -2.36. The van der Waals surface area contributed by atoms with Crippen molar-refractivity contribution in [3.63, 3.8) is 0 Å². The fraction of sp³-hybridized carbons (Fsp3) is 0.526. The maximum atomic E-state index is 11.7. The lowest BCUT2D eigenvalue weighted by Crippen LogP contribution is -2.26. The van der Waals surface area contributed by atoms with Crippen LogP contribution in [0.5, 0.6) is 0 Å². The molecule has 0 aromatic heterocycles. The lowest BCUT2D eigenvalue weighted by atomic mass is 10.3. The number of aliphatic hydroxyl groups excluding tert-OH is 2. The average Bonchev–Trinajstić information content (AvgIpc) is 2.74. The molecule has 2 unspecified atom stereocenters. The fourth-order valence-electron chi connectivity index (χ4n) is 1.43. The molecule has 0 amide bonds. The first-order valence-electron chi connectivity index (χ1n) is 9.04. The summed E-state index contributed by atoms with van der Waals surface area (Å²) < 4.78 is 19.4. The summed E-state index contributed by atoms with van der Waals surface area (Å²) in [5.41, 5.74) is 0.363. The number of carbonyl (C=O) groups is 4. The van der Waals surface area contributed by atoms with Gasteiger partial charge in [-0.25, -0.2) is 9.59 Å². The van der Waals surface area contributed by atoms with Gasteiger partial charge in [-0.3, -0.25) is 9.59 Å². The largest absolute Gasteiger partial charge is 0.462 e. The number of aliphatic hydroxyl groups is 2. The Hall–Kier alpha value is -1.93. The second-order valence-corrected chi connectivity index (χ2v) is 9.41. The van der Waals surface area contributed by atoms with Gasteiger partial charge in [-0.15, -0.1) is 0 Å². The van der Waals surface area contributed by atoms with Gasteiger partial charge in [0, 0.05) is 11.1 Å². The molecule has 0 spiro atoms. The smallest absolute Gasteiger partial charge is 0.333 e. The second-order valence-electron chi connectivity index (χ2n) is 6.26. The third kappa shape index (κ3) is 15.8. The summed E-state index contributed by atoms with van der Waals surface area (Å²) in [5, 5.41) is 19.2. The average molecular weight is 511 g/mol. The van der Waals surface area contributed by atoms with E-state index in [2.05, 4.69) is 13.2 Å². The number of thioether (sulfide) groups is 2. The number of ether oxygens (including phenoxy) is 4. The Morgan fingerprint density at radius 1 is 0.750 bits per heavy atom. The zero-order valence-electron chi connectivity index (χ0n) is 17.7. The maximum absolute atomic E-state index is 11.7. The van der Waals surface area contributed by atoms with Crippen molar-refractivity contribution in [3.05, 3.63) is 24.3 Å². The summed E-state index contributed by atoms with van der Waals surface area (Å²) in [5.74, 6) is -2.92. The van der Waals surface area contributed by atoms with E-state index in [9.17, 15) is 29.4 Å². The van der Waals surface area contributed by atoms with E-state index in [-0.39, 0.29) is 52.6 Å². The first-order valence-corrected chi connectivity index (χ1v) is 11.4. The molecule has 0 bridgehead atoms. The summed E-state index contributed by atoms with van der Waals surface area (Å²) in [6, 6.07) is 0. The molecule has 32 heavy (non-hydrogen) atoms. The van der Waals surface area contributed by atoms with Crippen LogP contribution in [-0.4, -0.2) is 87.8 Å². The number of thiocarbonyl (C=S) groups is 1. The van der Waals surface area contributed by atoms with Gasteiger partial charge in [0.05, 0.1) is 11.5 Å². The maximum Gasteiger partial charge on any atom is 0.333 e. The summed E-state index contributed by atoms with van der Waals surface area (Å²) in [6.45, 7) is 8.30. The predicted molar refractivity (Wildman–Crippen MR) is 123 cm³/mol. The van der Waals surface area contributed by atoms with Crippen LogP contribution < -0.4 is 0 Å². The topological polar surface area (TPSA) is 146 Å². The van der Waals surface area contributed by atoms with Gasteiger partial charge < -0.3 is 29.2 Å². The van der Waals surface area contributed by atoms with Crippen LogP contribution in [0.3, 0.4) is 0 Å². The van der Waals surface area contributed by atoms with Crippen LogP contribution in [0.1, 0.15) is 13.8 Å². The van der Waals surface area contributed by atoms with E-state index in [4.69, 9.17) is 31.2 Å². The first-order chi connectivity index (χ1) is 14.9. The highest BCUT2D eigenvalue weighted by Gasteiger charge is 2.15. The molecule has 2 atom stereocenters. The molecule has 10 nitrogen and oxygen atoms in total. The Balaban J connectivity index is 3.92. The van der Waals surface area contributed by atoms with Crippen molar-refractivity contribution in [1.29, 1.82) is 0 Å². The highest BCUT2D eigenvalue weighted by atomic mass is 32.2. The third-order valence-corrected chi connectivity index (χ3v) is 5.65. The molecule has 0 rings (SSSR count). The molecule has 180 valence electrons. The summed E-state index contributed by atoms with van der Waals surface area (Å²) in [7, 11) is 0. The van der Waals surface area contributed by atoms with E-state index in [1.807, 2.05) is 0 Å². The highest BCUT2D eigenvalue weighted by molar-refractivity contribution is 8.47. The van der Waals surface area contributed by atoms with Gasteiger partial charge in [0.15, 0.2) is 0 Å². The van der Waals surface area contributed by atoms with Crippen LogP contribution >= 0.6 is 35.7 Å². The van der Waals surface area contributed by atoms with Gasteiger partial charge in [-0.05, 0) is 13.8 Å². The zero-order valence-corrected chi connectivity index (χ0v) is 20.1. The minimum absolute atomic E-state index is 0.147. The number of rotatable bonds is 14. The van der Waals surface area contributed by atoms with Crippen LogP contribution in [0, 0.1) is 0 Å². The third-order valence-electron chi connectivity index (χ3n) is 3.00. The molecule has 0 aliphatic rings. The van der Waals surface area contributed by atoms with E-state index in [0.717, 1.165) is 23.5 Å². The molecular weight excluding hydrogens is 484 g/mol. The Kier molecular flexibility index (Phi) is 15.7. The van der Waals surface area contributed by atoms with Crippen molar-refractivity contribution in [2.24, 2.45) is 0 Å². The molecular formula is C19H26O10S3. The van der Waals surface area contributed by atoms with Gasteiger partial charge in [-0.2, -0.15) is 0 Å². The number of esters is 4. The standard InChI is InChI=1S/C19H26O10S3/c1-11(2)17(24)28-7-13(20)5-26-15(22)9-31-19(30)32-10-16(23)27-6-14(21)8-29-18(25)12(3)4/h13-14,20-21H,1,3,5-10H2,2,4H3. The van der Waals surface area contributed by atoms with E-state index < -0.39 is 36.1 Å². The van der Waals surface area contributed by atoms with E-state index in [1.54, 1.807) is 0 Å². The molecule has 0 aromatic carbocycles. The number of hydrogen-bond acceptors (Lipinski definition) is 13. The lowest BCUT2D eigenvalue weighted by molar-refractivity contribution is -0.149. The van der Waals surface area contributed by atoms with Crippen LogP contribution in [0.25, 0.3) is 0 Å². The molecule has 0 heterocycles. The summed E-state index contributed by atoms with van der Waals surface area (Å²) >= 11 is 6.95. The van der Waals surface area contributed by atoms with Gasteiger partial charge in [-0.1, -0.05) is 48.9 Å². The van der Waals surface area contributed by atoms with Gasteiger partial charge >= 0.3 is 23.9 Å². The molecule has 0 saturated carbocycles. The SMILES string of the molecule is C=C(C)C(=O)OCC(O)COC(=O)CSC(=S)SCC(=O)OCC(O)COC(=O)C(=C)C. The molecule has 13 heteroatoms. The fourth-order valence-corrected chi connectivity index (χ4v) is 3.10. The quantitative estimate of drug-likeness (QED) is 0.147. The highest BCUT2D eigenvalue weighted by Crippen LogP contribution is 2.17. The molecule has 0 aromatic rings. The summed E-state index contributed by atoms with van der Waals surface area (Å²) in [4.78, 5) is 45.7. The Labute approximate surface area is 199 Å². The minimum Gasteiger partial charge on any atom is -0.462 e. The van der Waals surface area contributed by atoms with Gasteiger partial charge in [0.2, 0.25) is 0 Å². The molecule has 0 fully saturated rings. The van der Waals surface area contributed by atoms with Crippen molar-refractivity contribution in [3.8, 4) is 0 Å². The van der Waals surface area contributed by atoms with Crippen LogP contribution in [-0.2, 0) is 38.1 Å². The first kappa shape index (κ1) is 30.1. The second kappa shape index (κ2) is 16.7. The molecule has 2 N–H and O–H groups in total. The van der Waals surface area contributed by atoms with Gasteiger partial charge in [0.1, 0.15) is 42.2 Å². The zero-order chi connectivity index (χ0) is 24.7. The van der Waals surface area contributed by atoms with Crippen molar-refractivity contribution in [2.45, 2.75) is 26.1 Å². The normalized spacial score (nSPS) is 12.1. The molecule has 0 radical (unpaired) electrons. The Morgan fingerprint density at radius 3 is 1.38 bits per heavy atom. The van der Waals surface area contributed by atoms with E-state index in [1.165, 1.54) is 13.8 Å². The number of carbonyl (C=O) groups excluding carboxylic acids is 4. The van der Waals surface area contributed by atoms with E-state index in [0.29, 0.717) is 0 Å². The molecule has 0 aliphatic carbocycles. The Morgan fingerprint density at radius 2 is 1.06 bits per heavy atom. The van der Waals surface area contributed by atoms with Crippen LogP contribution in [0.4, 0.5) is 0 Å². The minimum atomic E-state index is -1.18. The van der Waals surface area contributed by atoms with Crippen molar-refractivity contribution in [2.75, 3.05) is 37.9 Å². The van der Waals surface area contributed by atoms with E-state index >= 15 is 0 Å². The van der Waals surface area contributed by atoms with Gasteiger partial charge in [0.25, 0.3) is 0 Å². The van der Waals surface area contributed by atoms with Crippen molar-refractivity contribution < 1.29 is 48.3 Å². The van der Waals surface area contributed by atoms with Crippen molar-refractivity contribution >= 4 is 63.1 Å². The molecule has 0 saturated heterocycles. The lowest BCUT2D eigenvalue weighted by Gasteiger charge is -2.12. The predicted octanol–water partition coefficient (Wildman–Crippen LogP) is 0.784. The van der Waals surface area contributed by atoms with Crippen LogP contribution in [0.2, 0.25) is 0 Å². The monoisotopic (exact) mass is 510 g/mol. The van der Waals surface area contributed by atoms with Crippen molar-refractivity contribution in [1.82, 2.24) is 0 Å².